The van der Waals surface area contributed by atoms with Gasteiger partial charge >= 0.3 is 0 Å². The predicted molar refractivity (Wildman–Crippen MR) is 52.9 cm³/mol. The fourth-order valence-corrected chi connectivity index (χ4v) is 1.95. The van der Waals surface area contributed by atoms with Gasteiger partial charge in [-0.05, 0) is 24.8 Å². The van der Waals surface area contributed by atoms with E-state index < -0.39 is 0 Å². The van der Waals surface area contributed by atoms with Gasteiger partial charge in [-0.1, -0.05) is 0 Å². The number of alkyl halides is 1. The lowest BCUT2D eigenvalue weighted by Gasteiger charge is -2.30. The molecule has 0 radical (unpaired) electrons. The van der Waals surface area contributed by atoms with Gasteiger partial charge in [0.05, 0.1) is 0 Å². The van der Waals surface area contributed by atoms with E-state index >= 15 is 0 Å². The monoisotopic (exact) mass is 197 g/mol. The lowest BCUT2D eigenvalue weighted by atomic mass is 9.85. The zero-order chi connectivity index (χ0) is 9.10. The minimum atomic E-state index is 0.392. The number of anilines is 1. The molecule has 1 saturated carbocycles. The Kier molecular flexibility index (Phi) is 2.64. The second-order valence-corrected chi connectivity index (χ2v) is 4.01. The second-order valence-electron chi connectivity index (χ2n) is 3.39. The minimum Gasteiger partial charge on any atom is -0.354 e. The third kappa shape index (κ3) is 2.31. The van der Waals surface area contributed by atoms with Crippen LogP contribution in [0.25, 0.3) is 0 Å². The summed E-state index contributed by atoms with van der Waals surface area (Å²) in [6.45, 7) is 0.938. The van der Waals surface area contributed by atoms with E-state index in [0.717, 1.165) is 19.4 Å². The van der Waals surface area contributed by atoms with Crippen LogP contribution in [0.15, 0.2) is 18.5 Å². The van der Waals surface area contributed by atoms with Gasteiger partial charge < -0.3 is 5.32 Å². The van der Waals surface area contributed by atoms with Gasteiger partial charge in [-0.15, -0.1) is 11.6 Å². The molecule has 1 aliphatic carbocycles. The molecule has 1 heterocycles. The topological polar surface area (TPSA) is 37.8 Å². The molecule has 0 aromatic carbocycles. The lowest BCUT2D eigenvalue weighted by Crippen LogP contribution is -2.30. The highest BCUT2D eigenvalue weighted by molar-refractivity contribution is 6.21. The molecule has 3 nitrogen and oxygen atoms in total. The van der Waals surface area contributed by atoms with Crippen molar-refractivity contribution in [1.82, 2.24) is 9.97 Å². The molecule has 1 fully saturated rings. The van der Waals surface area contributed by atoms with Gasteiger partial charge in [-0.2, -0.15) is 0 Å². The van der Waals surface area contributed by atoms with Gasteiger partial charge in [0.15, 0.2) is 0 Å². The van der Waals surface area contributed by atoms with Gasteiger partial charge in [0, 0.05) is 24.3 Å². The molecular formula is C9H12ClN3. The lowest BCUT2D eigenvalue weighted by molar-refractivity contribution is 0.341. The molecule has 0 spiro atoms. The molecular weight excluding hydrogens is 186 g/mol. The first-order valence-corrected chi connectivity index (χ1v) is 4.93. The van der Waals surface area contributed by atoms with E-state index in [1.54, 1.807) is 12.4 Å². The average Bonchev–Trinajstić information content (AvgIpc) is 2.12. The summed E-state index contributed by atoms with van der Waals surface area (Å²) in [4.78, 5) is 8.15. The highest BCUT2D eigenvalue weighted by atomic mass is 35.5. The van der Waals surface area contributed by atoms with Crippen LogP contribution in [0.4, 0.5) is 5.95 Å². The fraction of sp³-hybridized carbons (Fsp3) is 0.556. The van der Waals surface area contributed by atoms with E-state index in [2.05, 4.69) is 15.3 Å². The first-order valence-electron chi connectivity index (χ1n) is 4.49. The molecule has 0 saturated heterocycles. The summed E-state index contributed by atoms with van der Waals surface area (Å²) in [6.07, 6.45) is 5.70. The summed E-state index contributed by atoms with van der Waals surface area (Å²) in [5.41, 5.74) is 0. The zero-order valence-electron chi connectivity index (χ0n) is 7.28. The van der Waals surface area contributed by atoms with Crippen molar-refractivity contribution in [3.8, 4) is 0 Å². The largest absolute Gasteiger partial charge is 0.354 e. The Morgan fingerprint density at radius 3 is 2.69 bits per heavy atom. The maximum Gasteiger partial charge on any atom is 0.222 e. The maximum atomic E-state index is 5.87. The van der Waals surface area contributed by atoms with Crippen molar-refractivity contribution in [3.63, 3.8) is 0 Å². The van der Waals surface area contributed by atoms with Crippen LogP contribution in [0.2, 0.25) is 0 Å². The van der Waals surface area contributed by atoms with Crippen molar-refractivity contribution >= 4 is 17.5 Å². The van der Waals surface area contributed by atoms with Crippen molar-refractivity contribution in [1.29, 1.82) is 0 Å². The summed E-state index contributed by atoms with van der Waals surface area (Å²) in [5, 5.41) is 3.58. The SMILES string of the molecule is ClC1CC(CNc2ncccn2)C1. The smallest absolute Gasteiger partial charge is 0.222 e. The Labute approximate surface area is 82.5 Å². The number of rotatable bonds is 3. The first kappa shape index (κ1) is 8.75. The number of hydrogen-bond donors (Lipinski definition) is 1. The zero-order valence-corrected chi connectivity index (χ0v) is 8.04. The summed E-state index contributed by atoms with van der Waals surface area (Å²) in [7, 11) is 0. The number of nitrogens with zero attached hydrogens (tertiary/aromatic N) is 2. The Hall–Kier alpha value is -0.830. The molecule has 0 bridgehead atoms. The van der Waals surface area contributed by atoms with Crippen LogP contribution in [0, 0.1) is 5.92 Å². The van der Waals surface area contributed by atoms with Crippen LogP contribution < -0.4 is 5.32 Å². The predicted octanol–water partition coefficient (Wildman–Crippen LogP) is 1.91. The van der Waals surface area contributed by atoms with Gasteiger partial charge in [-0.3, -0.25) is 0 Å². The number of nitrogens with one attached hydrogen (secondary N) is 1. The van der Waals surface area contributed by atoms with Crippen LogP contribution in [-0.2, 0) is 0 Å². The van der Waals surface area contributed by atoms with E-state index in [4.69, 9.17) is 11.6 Å². The van der Waals surface area contributed by atoms with Crippen LogP contribution in [0.1, 0.15) is 12.8 Å². The third-order valence-corrected chi connectivity index (χ3v) is 2.65. The first-order chi connectivity index (χ1) is 6.34. The van der Waals surface area contributed by atoms with E-state index in [9.17, 15) is 0 Å². The van der Waals surface area contributed by atoms with E-state index in [1.807, 2.05) is 6.07 Å². The van der Waals surface area contributed by atoms with Gasteiger partial charge in [-0.25, -0.2) is 9.97 Å². The number of hydrogen-bond acceptors (Lipinski definition) is 3. The quantitative estimate of drug-likeness (QED) is 0.753. The van der Waals surface area contributed by atoms with Crippen molar-refractivity contribution in [3.05, 3.63) is 18.5 Å². The molecule has 0 atom stereocenters. The van der Waals surface area contributed by atoms with E-state index in [-0.39, 0.29) is 0 Å². The van der Waals surface area contributed by atoms with Crippen molar-refractivity contribution < 1.29 is 0 Å². The highest BCUT2D eigenvalue weighted by Crippen LogP contribution is 2.31. The Balaban J connectivity index is 1.74. The molecule has 0 aliphatic heterocycles. The Bertz CT molecular complexity index is 259. The van der Waals surface area contributed by atoms with E-state index in [1.165, 1.54) is 0 Å². The standard InChI is InChI=1S/C9H12ClN3/c10-8-4-7(5-8)6-13-9-11-2-1-3-12-9/h1-3,7-8H,4-6H2,(H,11,12,13). The second kappa shape index (κ2) is 3.92. The normalized spacial score (nSPS) is 26.5. The minimum absolute atomic E-state index is 0.392. The average molecular weight is 198 g/mol. The fourth-order valence-electron chi connectivity index (χ4n) is 1.45. The molecule has 4 heteroatoms. The van der Waals surface area contributed by atoms with Crippen LogP contribution in [0.5, 0.6) is 0 Å². The summed E-state index contributed by atoms with van der Waals surface area (Å²) >= 11 is 5.87. The van der Waals surface area contributed by atoms with Crippen molar-refractivity contribution in [2.45, 2.75) is 18.2 Å². The highest BCUT2D eigenvalue weighted by Gasteiger charge is 2.26. The van der Waals surface area contributed by atoms with Crippen LogP contribution >= 0.6 is 11.6 Å². The number of aromatic nitrogens is 2. The van der Waals surface area contributed by atoms with Gasteiger partial charge in [0.2, 0.25) is 5.95 Å². The summed E-state index contributed by atoms with van der Waals surface area (Å²) in [5.74, 6) is 1.41. The van der Waals surface area contributed by atoms with Crippen LogP contribution in [0.3, 0.4) is 0 Å². The van der Waals surface area contributed by atoms with Gasteiger partial charge in [0.1, 0.15) is 0 Å². The van der Waals surface area contributed by atoms with Crippen LogP contribution in [-0.4, -0.2) is 21.9 Å². The Morgan fingerprint density at radius 1 is 1.38 bits per heavy atom. The van der Waals surface area contributed by atoms with Crippen molar-refractivity contribution in [2.75, 3.05) is 11.9 Å². The van der Waals surface area contributed by atoms with Gasteiger partial charge in [0.25, 0.3) is 0 Å². The Morgan fingerprint density at radius 2 is 2.08 bits per heavy atom. The maximum absolute atomic E-state index is 5.87. The summed E-state index contributed by atoms with van der Waals surface area (Å²) in [6, 6.07) is 1.81. The van der Waals surface area contributed by atoms with Crippen molar-refractivity contribution in [2.24, 2.45) is 5.92 Å². The molecule has 2 rings (SSSR count). The molecule has 13 heavy (non-hydrogen) atoms. The summed E-state index contributed by atoms with van der Waals surface area (Å²) < 4.78 is 0. The van der Waals surface area contributed by atoms with E-state index in [0.29, 0.717) is 17.2 Å². The molecule has 1 aromatic heterocycles. The molecule has 0 unspecified atom stereocenters. The molecule has 1 aromatic rings. The number of halogens is 1. The molecule has 0 amide bonds. The molecule has 70 valence electrons. The molecule has 1 N–H and O–H groups in total. The molecule has 1 aliphatic rings. The third-order valence-electron chi connectivity index (χ3n) is 2.29.